The van der Waals surface area contributed by atoms with Crippen LogP contribution in [0, 0.1) is 6.92 Å². The summed E-state index contributed by atoms with van der Waals surface area (Å²) in [6.07, 6.45) is 0. The van der Waals surface area contributed by atoms with Crippen LogP contribution in [0.2, 0.25) is 5.02 Å². The molecule has 2 aromatic carbocycles. The van der Waals surface area contributed by atoms with Gasteiger partial charge in [0.1, 0.15) is 0 Å². The molecule has 0 aliphatic heterocycles. The predicted molar refractivity (Wildman–Crippen MR) is 132 cm³/mol. The van der Waals surface area contributed by atoms with Gasteiger partial charge in [-0.15, -0.1) is 4.40 Å². The number of carbonyl (C=O) groups is 1. The fourth-order valence-corrected chi connectivity index (χ4v) is 4.94. The fraction of sp³-hybridized carbons (Fsp3) is 0.136. The molecule has 1 aliphatic carbocycles. The lowest BCUT2D eigenvalue weighted by Gasteiger charge is -2.18. The zero-order valence-electron chi connectivity index (χ0n) is 16.8. The van der Waals surface area contributed by atoms with Crippen LogP contribution in [0.5, 0.6) is 0 Å². The van der Waals surface area contributed by atoms with Crippen LogP contribution in [-0.4, -0.2) is 25.7 Å². The molecule has 0 bridgehead atoms. The SMILES string of the molecule is CC1=C(Br)C(=O)C(Br)=C(C)C1=N/C(=N/S(=O)(=O)c1ccc(C)cc1)c1ccc(Cl)cc1. The monoisotopic (exact) mass is 582 g/mol. The van der Waals surface area contributed by atoms with Gasteiger partial charge >= 0.3 is 0 Å². The van der Waals surface area contributed by atoms with Crippen LogP contribution in [0.25, 0.3) is 0 Å². The lowest BCUT2D eigenvalue weighted by atomic mass is 9.97. The van der Waals surface area contributed by atoms with E-state index in [-0.39, 0.29) is 16.5 Å². The van der Waals surface area contributed by atoms with Crippen molar-refractivity contribution in [1.29, 1.82) is 0 Å². The van der Waals surface area contributed by atoms with Crippen LogP contribution in [0.15, 0.2) is 82.9 Å². The summed E-state index contributed by atoms with van der Waals surface area (Å²) in [5, 5.41) is 0.498. The first-order chi connectivity index (χ1) is 14.5. The molecule has 0 fully saturated rings. The maximum absolute atomic E-state index is 13.0. The van der Waals surface area contributed by atoms with Crippen molar-refractivity contribution in [2.45, 2.75) is 25.7 Å². The van der Waals surface area contributed by atoms with E-state index in [1.807, 2.05) is 6.92 Å². The second-order valence-corrected chi connectivity index (χ2v) is 10.5. The summed E-state index contributed by atoms with van der Waals surface area (Å²) in [5.41, 5.74) is 3.02. The molecule has 5 nitrogen and oxygen atoms in total. The molecule has 0 unspecified atom stereocenters. The molecule has 31 heavy (non-hydrogen) atoms. The number of hydrogen-bond donors (Lipinski definition) is 0. The number of nitrogens with zero attached hydrogens (tertiary/aromatic N) is 2. The minimum atomic E-state index is -4.03. The Balaban J connectivity index is 2.24. The highest BCUT2D eigenvalue weighted by molar-refractivity contribution is 9.13. The third-order valence-electron chi connectivity index (χ3n) is 4.61. The number of sulfonamides is 1. The summed E-state index contributed by atoms with van der Waals surface area (Å²) < 4.78 is 30.7. The number of allylic oxidation sites excluding steroid dienone is 4. The van der Waals surface area contributed by atoms with Gasteiger partial charge in [-0.25, -0.2) is 4.99 Å². The Bertz CT molecular complexity index is 1260. The summed E-state index contributed by atoms with van der Waals surface area (Å²) in [6.45, 7) is 5.34. The number of aliphatic imine (C=N–C) groups is 1. The Labute approximate surface area is 203 Å². The lowest BCUT2D eigenvalue weighted by molar-refractivity contribution is -0.111. The number of amidine groups is 1. The quantitative estimate of drug-likeness (QED) is 0.247. The smallest absolute Gasteiger partial charge is 0.284 e. The topological polar surface area (TPSA) is 75.9 Å². The van der Waals surface area contributed by atoms with Crippen LogP contribution in [0.4, 0.5) is 0 Å². The summed E-state index contributed by atoms with van der Waals surface area (Å²) in [6, 6.07) is 13.0. The molecule has 9 heteroatoms. The highest BCUT2D eigenvalue weighted by Gasteiger charge is 2.27. The molecule has 0 saturated heterocycles. The van der Waals surface area contributed by atoms with Crippen LogP contribution in [-0.2, 0) is 14.8 Å². The van der Waals surface area contributed by atoms with Crippen molar-refractivity contribution in [3.05, 3.63) is 84.8 Å². The molecule has 0 amide bonds. The third kappa shape index (κ3) is 5.14. The Kier molecular flexibility index (Phi) is 7.15. The second kappa shape index (κ2) is 9.32. The van der Waals surface area contributed by atoms with E-state index in [4.69, 9.17) is 11.6 Å². The number of rotatable bonds is 3. The van der Waals surface area contributed by atoms with Crippen molar-refractivity contribution in [3.8, 4) is 0 Å². The first-order valence-corrected chi connectivity index (χ1v) is 12.5. The minimum absolute atomic E-state index is 0.0131. The van der Waals surface area contributed by atoms with Crippen LogP contribution in [0.1, 0.15) is 25.0 Å². The summed E-state index contributed by atoms with van der Waals surface area (Å²) in [4.78, 5) is 17.0. The Morgan fingerprint density at radius 2 is 1.39 bits per heavy atom. The number of ketones is 1. The number of aryl methyl sites for hydroxylation is 1. The molecule has 0 spiro atoms. The standard InChI is InChI=1S/C22H17Br2ClN2O3S/c1-12-4-10-17(11-5-12)31(29,30)27-22(15-6-8-16(25)9-7-15)26-20-13(2)18(23)21(28)19(24)14(20)3/h4-11H,1-3H3/b27-22+. The molecule has 0 radical (unpaired) electrons. The first kappa shape index (κ1) is 23.8. The van der Waals surface area contributed by atoms with E-state index in [1.54, 1.807) is 50.2 Å². The molecule has 0 aromatic heterocycles. The average molecular weight is 585 g/mol. The van der Waals surface area contributed by atoms with Crippen molar-refractivity contribution >= 4 is 70.8 Å². The molecule has 0 heterocycles. The molecular weight excluding hydrogens is 568 g/mol. The Morgan fingerprint density at radius 1 is 0.871 bits per heavy atom. The number of carbonyl (C=O) groups excluding carboxylic acids is 1. The molecule has 160 valence electrons. The zero-order valence-corrected chi connectivity index (χ0v) is 21.5. The third-order valence-corrected chi connectivity index (χ3v) is 8.06. The van der Waals surface area contributed by atoms with Crippen molar-refractivity contribution in [2.24, 2.45) is 9.39 Å². The van der Waals surface area contributed by atoms with Crippen LogP contribution < -0.4 is 0 Å². The lowest BCUT2D eigenvalue weighted by Crippen LogP contribution is -2.19. The normalized spacial score (nSPS) is 15.6. The Morgan fingerprint density at radius 3 is 1.90 bits per heavy atom. The summed E-state index contributed by atoms with van der Waals surface area (Å²) in [7, 11) is -4.03. The second-order valence-electron chi connectivity index (χ2n) is 6.88. The number of Topliss-reactive ketones (excluding diaryl/α,β-unsaturated/α-hetero) is 1. The highest BCUT2D eigenvalue weighted by atomic mass is 79.9. The summed E-state index contributed by atoms with van der Waals surface area (Å²) >= 11 is 12.6. The first-order valence-electron chi connectivity index (χ1n) is 9.05. The van der Waals surface area contributed by atoms with Gasteiger partial charge in [-0.05, 0) is 100 Å². The summed E-state index contributed by atoms with van der Waals surface area (Å²) in [5.74, 6) is -0.216. The van der Waals surface area contributed by atoms with Crippen molar-refractivity contribution in [2.75, 3.05) is 0 Å². The van der Waals surface area contributed by atoms with Gasteiger partial charge in [0, 0.05) is 10.6 Å². The average Bonchev–Trinajstić information content (AvgIpc) is 2.74. The fourth-order valence-electron chi connectivity index (χ4n) is 2.81. The van der Waals surface area contributed by atoms with Gasteiger partial charge in [0.15, 0.2) is 5.84 Å². The van der Waals surface area contributed by atoms with Gasteiger partial charge in [0.25, 0.3) is 10.0 Å². The van der Waals surface area contributed by atoms with Crippen LogP contribution >= 0.6 is 43.5 Å². The van der Waals surface area contributed by atoms with E-state index in [0.29, 0.717) is 36.4 Å². The van der Waals surface area contributed by atoms with E-state index >= 15 is 0 Å². The molecule has 2 aromatic rings. The number of hydrogen-bond acceptors (Lipinski definition) is 3. The molecule has 3 rings (SSSR count). The molecule has 0 N–H and O–H groups in total. The maximum Gasteiger partial charge on any atom is 0.284 e. The van der Waals surface area contributed by atoms with E-state index in [0.717, 1.165) is 5.56 Å². The van der Waals surface area contributed by atoms with Gasteiger partial charge in [-0.3, -0.25) is 4.79 Å². The molecule has 1 aliphatic rings. The molecule has 0 atom stereocenters. The van der Waals surface area contributed by atoms with E-state index in [1.165, 1.54) is 12.1 Å². The largest absolute Gasteiger partial charge is 0.287 e. The van der Waals surface area contributed by atoms with E-state index in [9.17, 15) is 13.2 Å². The van der Waals surface area contributed by atoms with Gasteiger partial charge < -0.3 is 0 Å². The minimum Gasteiger partial charge on any atom is -0.287 e. The zero-order chi connectivity index (χ0) is 22.9. The van der Waals surface area contributed by atoms with Crippen LogP contribution in [0.3, 0.4) is 0 Å². The maximum atomic E-state index is 13.0. The molecule has 0 saturated carbocycles. The highest BCUT2D eigenvalue weighted by Crippen LogP contribution is 2.32. The Hall–Kier alpha value is -1.87. The van der Waals surface area contributed by atoms with E-state index < -0.39 is 10.0 Å². The number of benzene rings is 2. The van der Waals surface area contributed by atoms with Gasteiger partial charge in [0.2, 0.25) is 5.78 Å². The van der Waals surface area contributed by atoms with Crippen molar-refractivity contribution < 1.29 is 13.2 Å². The van der Waals surface area contributed by atoms with Crippen molar-refractivity contribution in [1.82, 2.24) is 0 Å². The predicted octanol–water partition coefficient (Wildman–Crippen LogP) is 6.15. The van der Waals surface area contributed by atoms with Gasteiger partial charge in [-0.1, -0.05) is 29.3 Å². The molecular formula is C22H17Br2ClN2O3S. The van der Waals surface area contributed by atoms with Crippen molar-refractivity contribution in [3.63, 3.8) is 0 Å². The van der Waals surface area contributed by atoms with Gasteiger partial charge in [0.05, 0.1) is 19.6 Å². The van der Waals surface area contributed by atoms with E-state index in [2.05, 4.69) is 41.3 Å². The van der Waals surface area contributed by atoms with Gasteiger partial charge in [-0.2, -0.15) is 8.42 Å². The number of halogens is 3.